The van der Waals surface area contributed by atoms with Gasteiger partial charge in [-0.05, 0) is 19.9 Å². The first-order valence-electron chi connectivity index (χ1n) is 9.29. The molecular formula is C19H18F5N5O2. The van der Waals surface area contributed by atoms with Gasteiger partial charge in [0.15, 0.2) is 11.5 Å². The second kappa shape index (κ2) is 6.74. The lowest BCUT2D eigenvalue weighted by atomic mass is 10.0. The second-order valence-corrected chi connectivity index (χ2v) is 7.80. The van der Waals surface area contributed by atoms with Gasteiger partial charge in [-0.3, -0.25) is 9.48 Å². The van der Waals surface area contributed by atoms with Crippen LogP contribution in [0, 0.1) is 11.6 Å². The van der Waals surface area contributed by atoms with Crippen LogP contribution < -0.4 is 0 Å². The number of alkyl halides is 3. The molecule has 0 aliphatic carbocycles. The van der Waals surface area contributed by atoms with Crippen molar-refractivity contribution in [2.24, 2.45) is 7.05 Å². The van der Waals surface area contributed by atoms with E-state index in [1.165, 1.54) is 21.2 Å². The lowest BCUT2D eigenvalue weighted by Crippen LogP contribution is -2.45. The third-order valence-electron chi connectivity index (χ3n) is 5.50. The number of hydrogen-bond donors (Lipinski definition) is 1. The Labute approximate surface area is 172 Å². The van der Waals surface area contributed by atoms with Gasteiger partial charge in [-0.1, -0.05) is 0 Å². The molecule has 0 radical (unpaired) electrons. The number of nitrogens with zero attached hydrogens (tertiary/aromatic N) is 5. The van der Waals surface area contributed by atoms with E-state index < -0.39 is 41.2 Å². The summed E-state index contributed by atoms with van der Waals surface area (Å²) in [6.45, 7) is 2.05. The van der Waals surface area contributed by atoms with Gasteiger partial charge in [0.1, 0.15) is 11.6 Å². The summed E-state index contributed by atoms with van der Waals surface area (Å²) >= 11 is 0. The quantitative estimate of drug-likeness (QED) is 0.618. The van der Waals surface area contributed by atoms with Crippen molar-refractivity contribution in [1.29, 1.82) is 0 Å². The van der Waals surface area contributed by atoms with Crippen LogP contribution in [0.15, 0.2) is 18.3 Å². The number of aryl methyl sites for hydroxylation is 1. The molecule has 31 heavy (non-hydrogen) atoms. The Morgan fingerprint density at radius 2 is 1.94 bits per heavy atom. The minimum absolute atomic E-state index is 0.0238. The number of carbonyl (C=O) groups excluding carboxylic acids is 1. The maximum absolute atomic E-state index is 14.4. The minimum atomic E-state index is -4.94. The summed E-state index contributed by atoms with van der Waals surface area (Å²) in [5.41, 5.74) is -3.02. The van der Waals surface area contributed by atoms with Gasteiger partial charge < -0.3 is 14.6 Å². The fourth-order valence-electron chi connectivity index (χ4n) is 3.91. The number of halogens is 5. The van der Waals surface area contributed by atoms with Crippen LogP contribution in [0.2, 0.25) is 0 Å². The van der Waals surface area contributed by atoms with Gasteiger partial charge in [0.2, 0.25) is 5.60 Å². The van der Waals surface area contributed by atoms with Crippen molar-refractivity contribution in [3.63, 3.8) is 0 Å². The zero-order valence-corrected chi connectivity index (χ0v) is 16.7. The maximum atomic E-state index is 14.4. The normalized spacial score (nSPS) is 18.9. The van der Waals surface area contributed by atoms with Crippen LogP contribution in [0.25, 0.3) is 10.9 Å². The zero-order chi connectivity index (χ0) is 22.9. The van der Waals surface area contributed by atoms with Crippen molar-refractivity contribution in [3.8, 4) is 0 Å². The molecule has 1 unspecified atom stereocenters. The molecule has 2 aromatic heterocycles. The van der Waals surface area contributed by atoms with Crippen molar-refractivity contribution in [3.05, 3.63) is 47.2 Å². The molecular weight excluding hydrogens is 425 g/mol. The van der Waals surface area contributed by atoms with Crippen molar-refractivity contribution in [1.82, 2.24) is 24.2 Å². The van der Waals surface area contributed by atoms with Crippen LogP contribution in [0.1, 0.15) is 41.9 Å². The highest BCUT2D eigenvalue weighted by Gasteiger charge is 2.55. The Balaban J connectivity index is 1.72. The van der Waals surface area contributed by atoms with E-state index >= 15 is 0 Å². The number of fused-ring (bicyclic) bond motifs is 2. The Kier molecular flexibility index (Phi) is 4.61. The van der Waals surface area contributed by atoms with Crippen molar-refractivity contribution >= 4 is 16.8 Å². The number of benzene rings is 1. The lowest BCUT2D eigenvalue weighted by Gasteiger charge is -2.36. The fourth-order valence-corrected chi connectivity index (χ4v) is 3.91. The number of rotatable bonds is 2. The molecule has 1 aliphatic heterocycles. The number of amides is 1. The van der Waals surface area contributed by atoms with Gasteiger partial charge in [-0.2, -0.15) is 18.3 Å². The first kappa shape index (κ1) is 21.2. The molecule has 0 fully saturated rings. The fraction of sp³-hybridized carbons (Fsp3) is 0.421. The highest BCUT2D eigenvalue weighted by atomic mass is 19.4. The Hall–Kier alpha value is -3.02. The van der Waals surface area contributed by atoms with Crippen LogP contribution in [0.4, 0.5) is 22.0 Å². The van der Waals surface area contributed by atoms with Crippen molar-refractivity contribution < 1.29 is 31.9 Å². The van der Waals surface area contributed by atoms with Crippen LogP contribution >= 0.6 is 0 Å². The van der Waals surface area contributed by atoms with Gasteiger partial charge in [-0.15, -0.1) is 0 Å². The Morgan fingerprint density at radius 1 is 1.26 bits per heavy atom. The standard InChI is InChI=1S/C19H18F5N5O2/c1-9-7-28(8-11-6-25-17(29(9)11)18(2,31)19(22,23)24)16(30)15-14-12(21)4-10(20)5-13(14)27(3)26-15/h4-6,9,31H,7-8H2,1-3H3/t9-,18?/m0/s1. The summed E-state index contributed by atoms with van der Waals surface area (Å²) in [5, 5.41) is 13.9. The molecule has 0 saturated heterocycles. The van der Waals surface area contributed by atoms with Gasteiger partial charge in [0.25, 0.3) is 5.91 Å². The van der Waals surface area contributed by atoms with Crippen LogP contribution in [0.3, 0.4) is 0 Å². The average Bonchev–Trinajstić information content (AvgIpc) is 3.22. The van der Waals surface area contributed by atoms with Crippen molar-refractivity contribution in [2.75, 3.05) is 6.54 Å². The molecule has 1 aromatic carbocycles. The number of carbonyl (C=O) groups is 1. The largest absolute Gasteiger partial charge is 0.424 e. The molecule has 3 aromatic rings. The topological polar surface area (TPSA) is 76.2 Å². The Morgan fingerprint density at radius 3 is 2.58 bits per heavy atom. The monoisotopic (exact) mass is 443 g/mol. The number of aliphatic hydroxyl groups is 1. The summed E-state index contributed by atoms with van der Waals surface area (Å²) in [5.74, 6) is -2.98. The Bertz CT molecular complexity index is 1200. The highest BCUT2D eigenvalue weighted by molar-refractivity contribution is 6.05. The molecule has 1 amide bonds. The molecule has 4 rings (SSSR count). The molecule has 2 atom stereocenters. The third kappa shape index (κ3) is 3.16. The van der Waals surface area contributed by atoms with Crippen molar-refractivity contribution in [2.45, 2.75) is 38.2 Å². The van der Waals surface area contributed by atoms with Crippen LogP contribution in [0.5, 0.6) is 0 Å². The van der Waals surface area contributed by atoms with Gasteiger partial charge in [-0.25, -0.2) is 13.8 Å². The maximum Gasteiger partial charge on any atom is 0.424 e. The zero-order valence-electron chi connectivity index (χ0n) is 16.7. The van der Waals surface area contributed by atoms with Gasteiger partial charge in [0, 0.05) is 19.7 Å². The lowest BCUT2D eigenvalue weighted by molar-refractivity contribution is -0.263. The predicted octanol–water partition coefficient (Wildman–Crippen LogP) is 3.03. The predicted molar refractivity (Wildman–Crippen MR) is 97.9 cm³/mol. The third-order valence-corrected chi connectivity index (χ3v) is 5.50. The molecule has 7 nitrogen and oxygen atoms in total. The van der Waals surface area contributed by atoms with E-state index in [-0.39, 0.29) is 35.4 Å². The van der Waals surface area contributed by atoms with E-state index in [1.807, 2.05) is 0 Å². The summed E-state index contributed by atoms with van der Waals surface area (Å²) in [6.07, 6.45) is -3.78. The van der Waals surface area contributed by atoms with Crippen LogP contribution in [-0.4, -0.2) is 48.0 Å². The molecule has 12 heteroatoms. The molecule has 0 bridgehead atoms. The number of hydrogen-bond acceptors (Lipinski definition) is 4. The molecule has 1 N–H and O–H groups in total. The van der Waals surface area contributed by atoms with Gasteiger partial charge in [0.05, 0.1) is 35.4 Å². The van der Waals surface area contributed by atoms with E-state index in [0.29, 0.717) is 13.0 Å². The molecule has 1 aliphatic rings. The second-order valence-electron chi connectivity index (χ2n) is 7.80. The smallest absolute Gasteiger partial charge is 0.374 e. The average molecular weight is 443 g/mol. The van der Waals surface area contributed by atoms with E-state index in [4.69, 9.17) is 0 Å². The summed E-state index contributed by atoms with van der Waals surface area (Å²) < 4.78 is 70.3. The molecule has 3 heterocycles. The minimum Gasteiger partial charge on any atom is -0.374 e. The number of imidazole rings is 1. The number of aromatic nitrogens is 4. The van der Waals surface area contributed by atoms with E-state index in [0.717, 1.165) is 12.3 Å². The molecule has 166 valence electrons. The van der Waals surface area contributed by atoms with E-state index in [1.54, 1.807) is 6.92 Å². The molecule has 0 saturated carbocycles. The summed E-state index contributed by atoms with van der Waals surface area (Å²) in [7, 11) is 1.44. The van der Waals surface area contributed by atoms with Gasteiger partial charge >= 0.3 is 6.18 Å². The first-order chi connectivity index (χ1) is 14.3. The highest BCUT2D eigenvalue weighted by Crippen LogP contribution is 2.40. The van der Waals surface area contributed by atoms with Crippen LogP contribution in [-0.2, 0) is 19.2 Å². The summed E-state index contributed by atoms with van der Waals surface area (Å²) in [4.78, 5) is 18.2. The SMILES string of the molecule is C[C@H]1CN(C(=O)c2nn(C)c3cc(F)cc(F)c23)Cc2cnc(C(C)(O)C(F)(F)F)n21. The molecule has 0 spiro atoms. The van der Waals surface area contributed by atoms with E-state index in [2.05, 4.69) is 10.1 Å². The summed E-state index contributed by atoms with van der Waals surface area (Å²) in [6, 6.07) is 1.05. The van der Waals surface area contributed by atoms with E-state index in [9.17, 15) is 31.9 Å². The first-order valence-corrected chi connectivity index (χ1v) is 9.29.